The third-order valence-corrected chi connectivity index (χ3v) is 5.00. The molecule has 160 valence electrons. The zero-order chi connectivity index (χ0) is 22.3. The summed E-state index contributed by atoms with van der Waals surface area (Å²) in [6, 6.07) is 7.59. The van der Waals surface area contributed by atoms with Crippen LogP contribution in [0.2, 0.25) is 0 Å². The van der Waals surface area contributed by atoms with Crippen LogP contribution in [0.3, 0.4) is 0 Å². The second-order valence-corrected chi connectivity index (χ2v) is 6.58. The third-order valence-electron chi connectivity index (χ3n) is 5.00. The highest BCUT2D eigenvalue weighted by atomic mass is 19.1. The Labute approximate surface area is 174 Å². The Morgan fingerprint density at radius 1 is 1.10 bits per heavy atom. The molecule has 0 fully saturated rings. The summed E-state index contributed by atoms with van der Waals surface area (Å²) in [6.07, 6.45) is 1.36. The Hall–Kier alpha value is -3.21. The smallest absolute Gasteiger partial charge is 0.334 e. The molecule has 1 aromatic carbocycles. The van der Waals surface area contributed by atoms with Gasteiger partial charge in [0.25, 0.3) is 0 Å². The standard InChI is InChI=1S/C22H24FNO6/c1-4-28-19(25)15-11-12-16(14-9-7-8-10-17(14)23)22(13-24,21(27)30-6-3)18(15)20(26)29-5-2/h7-11,16,18H,4-6,12H2,1-3H3/t16-,18+,22-/m1/s1. The summed E-state index contributed by atoms with van der Waals surface area (Å²) < 4.78 is 29.9. The van der Waals surface area contributed by atoms with E-state index in [0.717, 1.165) is 0 Å². The third kappa shape index (κ3) is 4.06. The fourth-order valence-corrected chi connectivity index (χ4v) is 3.78. The van der Waals surface area contributed by atoms with Crippen LogP contribution in [0, 0.1) is 28.5 Å². The minimum absolute atomic E-state index is 0.0292. The summed E-state index contributed by atoms with van der Waals surface area (Å²) >= 11 is 0. The molecule has 0 aromatic heterocycles. The normalized spacial score (nSPS) is 23.0. The Bertz CT molecular complexity index is 890. The molecule has 0 bridgehead atoms. The maximum atomic E-state index is 14.7. The van der Waals surface area contributed by atoms with Crippen molar-refractivity contribution in [2.45, 2.75) is 33.1 Å². The van der Waals surface area contributed by atoms with Crippen LogP contribution in [0.25, 0.3) is 0 Å². The van der Waals surface area contributed by atoms with Gasteiger partial charge < -0.3 is 14.2 Å². The van der Waals surface area contributed by atoms with E-state index in [1.54, 1.807) is 26.8 Å². The van der Waals surface area contributed by atoms with Crippen LogP contribution in [-0.2, 0) is 28.6 Å². The second kappa shape index (κ2) is 10.0. The summed E-state index contributed by atoms with van der Waals surface area (Å²) in [5, 5.41) is 10.2. The van der Waals surface area contributed by atoms with E-state index in [2.05, 4.69) is 0 Å². The highest BCUT2D eigenvalue weighted by Crippen LogP contribution is 2.52. The number of rotatable bonds is 7. The zero-order valence-corrected chi connectivity index (χ0v) is 17.1. The van der Waals surface area contributed by atoms with Gasteiger partial charge in [0.05, 0.1) is 25.9 Å². The zero-order valence-electron chi connectivity index (χ0n) is 17.1. The van der Waals surface area contributed by atoms with Crippen molar-refractivity contribution < 1.29 is 33.0 Å². The van der Waals surface area contributed by atoms with E-state index in [1.807, 2.05) is 6.07 Å². The minimum Gasteiger partial charge on any atom is -0.465 e. The van der Waals surface area contributed by atoms with E-state index in [1.165, 1.54) is 24.3 Å². The topological polar surface area (TPSA) is 103 Å². The van der Waals surface area contributed by atoms with E-state index in [9.17, 15) is 24.0 Å². The largest absolute Gasteiger partial charge is 0.465 e. The van der Waals surface area contributed by atoms with Crippen LogP contribution in [0.5, 0.6) is 0 Å². The molecule has 2 rings (SSSR count). The maximum absolute atomic E-state index is 14.7. The lowest BCUT2D eigenvalue weighted by atomic mass is 9.58. The molecule has 0 radical (unpaired) electrons. The quantitative estimate of drug-likeness (QED) is 0.496. The van der Waals surface area contributed by atoms with Crippen molar-refractivity contribution in [3.8, 4) is 6.07 Å². The molecule has 0 saturated heterocycles. The van der Waals surface area contributed by atoms with Crippen molar-refractivity contribution in [1.82, 2.24) is 0 Å². The van der Waals surface area contributed by atoms with Crippen molar-refractivity contribution in [3.63, 3.8) is 0 Å². The molecular weight excluding hydrogens is 393 g/mol. The van der Waals surface area contributed by atoms with Gasteiger partial charge in [0.15, 0.2) is 5.41 Å². The summed E-state index contributed by atoms with van der Waals surface area (Å²) in [5.74, 6) is -6.15. The summed E-state index contributed by atoms with van der Waals surface area (Å²) in [4.78, 5) is 38.7. The first-order valence-corrected chi connectivity index (χ1v) is 9.75. The van der Waals surface area contributed by atoms with Gasteiger partial charge >= 0.3 is 17.9 Å². The van der Waals surface area contributed by atoms with Gasteiger partial charge in [-0.1, -0.05) is 24.3 Å². The first kappa shape index (κ1) is 23.1. The Morgan fingerprint density at radius 3 is 2.30 bits per heavy atom. The summed E-state index contributed by atoms with van der Waals surface area (Å²) in [7, 11) is 0. The fourth-order valence-electron chi connectivity index (χ4n) is 3.78. The Balaban J connectivity index is 2.80. The molecule has 1 aliphatic rings. The average molecular weight is 417 g/mol. The number of carbonyl (C=O) groups excluding carboxylic acids is 3. The van der Waals surface area contributed by atoms with Crippen molar-refractivity contribution in [2.75, 3.05) is 19.8 Å². The molecule has 3 atom stereocenters. The highest BCUT2D eigenvalue weighted by molar-refractivity contribution is 6.01. The first-order chi connectivity index (χ1) is 14.4. The Kier molecular flexibility index (Phi) is 7.70. The van der Waals surface area contributed by atoms with E-state index in [-0.39, 0.29) is 37.4 Å². The van der Waals surface area contributed by atoms with Gasteiger partial charge in [0.1, 0.15) is 11.7 Å². The molecule has 0 unspecified atom stereocenters. The maximum Gasteiger partial charge on any atom is 0.334 e. The predicted octanol–water partition coefficient (Wildman–Crippen LogP) is 3.05. The second-order valence-electron chi connectivity index (χ2n) is 6.58. The molecule has 1 aliphatic carbocycles. The molecule has 0 aliphatic heterocycles. The number of carbonyl (C=O) groups is 3. The molecule has 30 heavy (non-hydrogen) atoms. The molecule has 0 amide bonds. The number of halogens is 1. The van der Waals surface area contributed by atoms with Gasteiger partial charge in [-0.2, -0.15) is 5.26 Å². The van der Waals surface area contributed by atoms with E-state index < -0.39 is 41.0 Å². The minimum atomic E-state index is -2.21. The van der Waals surface area contributed by atoms with Gasteiger partial charge in [-0.25, -0.2) is 9.18 Å². The summed E-state index contributed by atoms with van der Waals surface area (Å²) in [5.41, 5.74) is -2.31. The van der Waals surface area contributed by atoms with E-state index in [4.69, 9.17) is 14.2 Å². The van der Waals surface area contributed by atoms with Crippen molar-refractivity contribution in [2.24, 2.45) is 11.3 Å². The van der Waals surface area contributed by atoms with E-state index >= 15 is 0 Å². The van der Waals surface area contributed by atoms with Gasteiger partial charge in [-0.15, -0.1) is 0 Å². The molecular formula is C22H24FNO6. The average Bonchev–Trinajstić information content (AvgIpc) is 2.73. The number of allylic oxidation sites excluding steroid dienone is 1. The van der Waals surface area contributed by atoms with Gasteiger partial charge in [-0.05, 0) is 38.8 Å². The number of benzene rings is 1. The lowest BCUT2D eigenvalue weighted by Gasteiger charge is -2.41. The van der Waals surface area contributed by atoms with E-state index in [0.29, 0.717) is 0 Å². The molecule has 1 aromatic rings. The fraction of sp³-hybridized carbons (Fsp3) is 0.455. The van der Waals surface area contributed by atoms with Crippen LogP contribution in [-0.4, -0.2) is 37.7 Å². The molecule has 0 heterocycles. The number of nitriles is 1. The highest BCUT2D eigenvalue weighted by Gasteiger charge is 2.62. The SMILES string of the molecule is CCOC(=O)C1=CC[C@H](c2ccccc2F)[C@@](C#N)(C(=O)OCC)[C@@H]1C(=O)OCC. The number of hydrogen-bond donors (Lipinski definition) is 0. The predicted molar refractivity (Wildman–Crippen MR) is 103 cm³/mol. The van der Waals surface area contributed by atoms with Crippen molar-refractivity contribution in [3.05, 3.63) is 47.3 Å². The van der Waals surface area contributed by atoms with Crippen molar-refractivity contribution in [1.29, 1.82) is 5.26 Å². The monoisotopic (exact) mass is 417 g/mol. The number of ether oxygens (including phenoxy) is 3. The number of nitrogens with zero attached hydrogens (tertiary/aromatic N) is 1. The van der Waals surface area contributed by atoms with Crippen molar-refractivity contribution >= 4 is 17.9 Å². The van der Waals surface area contributed by atoms with Crippen LogP contribution in [0.15, 0.2) is 35.9 Å². The lowest BCUT2D eigenvalue weighted by Crippen LogP contribution is -2.51. The molecule has 0 N–H and O–H groups in total. The number of esters is 3. The summed E-state index contributed by atoms with van der Waals surface area (Å²) in [6.45, 7) is 4.61. The lowest BCUT2D eigenvalue weighted by molar-refractivity contribution is -0.167. The Morgan fingerprint density at radius 2 is 1.73 bits per heavy atom. The molecule has 0 spiro atoms. The first-order valence-electron chi connectivity index (χ1n) is 9.75. The van der Waals surface area contributed by atoms with Crippen LogP contribution < -0.4 is 0 Å². The van der Waals surface area contributed by atoms with Gasteiger partial charge in [0, 0.05) is 11.5 Å². The molecule has 0 saturated carbocycles. The van der Waals surface area contributed by atoms with Crippen LogP contribution in [0.1, 0.15) is 38.7 Å². The van der Waals surface area contributed by atoms with Gasteiger partial charge in [-0.3, -0.25) is 9.59 Å². The van der Waals surface area contributed by atoms with Crippen LogP contribution >= 0.6 is 0 Å². The van der Waals surface area contributed by atoms with Crippen LogP contribution in [0.4, 0.5) is 4.39 Å². The molecule has 8 heteroatoms. The van der Waals surface area contributed by atoms with Gasteiger partial charge in [0.2, 0.25) is 0 Å². The number of hydrogen-bond acceptors (Lipinski definition) is 7. The molecule has 7 nitrogen and oxygen atoms in total.